The average molecular weight is 296 g/mol. The highest BCUT2D eigenvalue weighted by Crippen LogP contribution is 2.51. The fourth-order valence-corrected chi connectivity index (χ4v) is 3.09. The van der Waals surface area contributed by atoms with Gasteiger partial charge in [0.25, 0.3) is 0 Å². The van der Waals surface area contributed by atoms with Crippen LogP contribution >= 0.6 is 17.0 Å². The summed E-state index contributed by atoms with van der Waals surface area (Å²) in [5.41, 5.74) is 2.79. The van der Waals surface area contributed by atoms with Crippen LogP contribution in [0.15, 0.2) is 30.5 Å². The van der Waals surface area contributed by atoms with Crippen LogP contribution in [0.1, 0.15) is 37.4 Å². The molecule has 2 unspecified atom stereocenters. The molecule has 17 heavy (non-hydrogen) atoms. The molecule has 1 aromatic rings. The van der Waals surface area contributed by atoms with E-state index >= 15 is 0 Å². The Morgan fingerprint density at radius 2 is 2.24 bits per heavy atom. The van der Waals surface area contributed by atoms with E-state index in [9.17, 15) is 5.11 Å². The maximum atomic E-state index is 9.62. The maximum absolute atomic E-state index is 9.62. The van der Waals surface area contributed by atoms with Gasteiger partial charge in [0.2, 0.25) is 0 Å². The molecule has 1 aliphatic heterocycles. The topological polar surface area (TPSA) is 23.5 Å². The van der Waals surface area contributed by atoms with E-state index in [2.05, 4.69) is 37.1 Å². The van der Waals surface area contributed by atoms with E-state index in [1.807, 2.05) is 6.07 Å². The van der Waals surface area contributed by atoms with E-state index in [0.717, 1.165) is 13.0 Å². The molecule has 2 atom stereocenters. The number of hydrogen-bond acceptors (Lipinski definition) is 2. The Morgan fingerprint density at radius 3 is 2.94 bits per heavy atom. The predicted molar refractivity (Wildman–Crippen MR) is 74.7 cm³/mol. The second-order valence-corrected chi connectivity index (χ2v) is 5.06. The molecule has 0 saturated heterocycles. The Balaban J connectivity index is 0.00000108. The Labute approximate surface area is 113 Å². The van der Waals surface area contributed by atoms with Crippen molar-refractivity contribution in [1.82, 2.24) is 4.90 Å². The average Bonchev–Trinajstić information content (AvgIpc) is 2.49. The molecule has 1 N–H and O–H groups in total. The summed E-state index contributed by atoms with van der Waals surface area (Å²) < 4.78 is 0. The molecule has 3 rings (SSSR count). The van der Waals surface area contributed by atoms with E-state index < -0.39 is 0 Å². The molecule has 1 aromatic carbocycles. The van der Waals surface area contributed by atoms with Gasteiger partial charge in [-0.1, -0.05) is 19.1 Å². The lowest BCUT2D eigenvalue weighted by Crippen LogP contribution is -2.28. The van der Waals surface area contributed by atoms with E-state index in [1.165, 1.54) is 11.1 Å². The number of benzene rings is 1. The number of aromatic hydroxyl groups is 1. The summed E-state index contributed by atoms with van der Waals surface area (Å²) in [5.74, 6) is 0.379. The van der Waals surface area contributed by atoms with Crippen molar-refractivity contribution in [2.75, 3.05) is 6.54 Å². The molecule has 2 nitrogen and oxygen atoms in total. The SMILES string of the molecule is Br.CCN1C=CC2(C)CC1c1ccc(O)cc12. The molecule has 3 heteroatoms. The molecule has 0 fully saturated rings. The molecule has 0 amide bonds. The monoisotopic (exact) mass is 295 g/mol. The van der Waals surface area contributed by atoms with Gasteiger partial charge in [-0.05, 0) is 42.8 Å². The highest BCUT2D eigenvalue weighted by atomic mass is 79.9. The molecule has 1 heterocycles. The minimum atomic E-state index is 0. The summed E-state index contributed by atoms with van der Waals surface area (Å²) in [4.78, 5) is 2.38. The lowest BCUT2D eigenvalue weighted by atomic mass is 9.83. The van der Waals surface area contributed by atoms with Gasteiger partial charge >= 0.3 is 0 Å². The van der Waals surface area contributed by atoms with Gasteiger partial charge in [0.15, 0.2) is 0 Å². The standard InChI is InChI=1S/C14H17NO.BrH/c1-3-15-7-6-14(2)9-13(15)11-5-4-10(16)8-12(11)14;/h4-8,13,16H,3,9H2,1-2H3;1H. The normalized spacial score (nSPS) is 28.8. The van der Waals surface area contributed by atoms with Crippen LogP contribution in [0.3, 0.4) is 0 Å². The number of phenols is 1. The van der Waals surface area contributed by atoms with Gasteiger partial charge in [-0.25, -0.2) is 0 Å². The largest absolute Gasteiger partial charge is 0.508 e. The van der Waals surface area contributed by atoms with E-state index in [0.29, 0.717) is 11.8 Å². The first-order valence-corrected chi connectivity index (χ1v) is 5.92. The number of rotatable bonds is 1. The fraction of sp³-hybridized carbons (Fsp3) is 0.429. The zero-order valence-corrected chi connectivity index (χ0v) is 11.9. The van der Waals surface area contributed by atoms with Crippen LogP contribution in [0.2, 0.25) is 0 Å². The van der Waals surface area contributed by atoms with Crippen molar-refractivity contribution in [3.63, 3.8) is 0 Å². The second-order valence-electron chi connectivity index (χ2n) is 5.06. The molecule has 92 valence electrons. The third-order valence-electron chi connectivity index (χ3n) is 4.03. The summed E-state index contributed by atoms with van der Waals surface area (Å²) >= 11 is 0. The molecule has 0 aromatic heterocycles. The van der Waals surface area contributed by atoms with Crippen LogP contribution in [-0.2, 0) is 5.41 Å². The van der Waals surface area contributed by atoms with Gasteiger partial charge in [-0.2, -0.15) is 0 Å². The van der Waals surface area contributed by atoms with Crippen molar-refractivity contribution >= 4 is 17.0 Å². The Bertz CT molecular complexity index is 471. The van der Waals surface area contributed by atoms with Crippen LogP contribution in [0.25, 0.3) is 0 Å². The van der Waals surface area contributed by atoms with Crippen molar-refractivity contribution in [3.8, 4) is 5.75 Å². The molecular weight excluding hydrogens is 278 g/mol. The van der Waals surface area contributed by atoms with Crippen LogP contribution in [0.4, 0.5) is 0 Å². The fourth-order valence-electron chi connectivity index (χ4n) is 3.09. The lowest BCUT2D eigenvalue weighted by Gasteiger charge is -2.33. The second kappa shape index (κ2) is 4.05. The number of allylic oxidation sites excluding steroid dienone is 1. The zero-order chi connectivity index (χ0) is 11.3. The summed E-state index contributed by atoms with van der Waals surface area (Å²) in [7, 11) is 0. The van der Waals surface area contributed by atoms with Gasteiger partial charge in [0, 0.05) is 12.0 Å². The summed E-state index contributed by atoms with van der Waals surface area (Å²) in [5, 5.41) is 9.62. The maximum Gasteiger partial charge on any atom is 0.115 e. The number of hydrogen-bond donors (Lipinski definition) is 1. The highest BCUT2D eigenvalue weighted by molar-refractivity contribution is 8.93. The molecule has 0 spiro atoms. The van der Waals surface area contributed by atoms with Gasteiger partial charge in [-0.15, -0.1) is 17.0 Å². The predicted octanol–water partition coefficient (Wildman–Crippen LogP) is 3.52. The first kappa shape index (κ1) is 12.5. The van der Waals surface area contributed by atoms with Gasteiger partial charge in [0.1, 0.15) is 5.75 Å². The number of halogens is 1. The smallest absolute Gasteiger partial charge is 0.115 e. The third kappa shape index (κ3) is 1.68. The van der Waals surface area contributed by atoms with E-state index in [1.54, 1.807) is 6.07 Å². The third-order valence-corrected chi connectivity index (χ3v) is 4.03. The molecule has 2 bridgehead atoms. The molecule has 2 aliphatic rings. The lowest BCUT2D eigenvalue weighted by molar-refractivity contribution is 0.251. The first-order valence-electron chi connectivity index (χ1n) is 5.92. The Kier molecular flexibility index (Phi) is 2.98. The van der Waals surface area contributed by atoms with E-state index in [4.69, 9.17) is 0 Å². The molecule has 0 saturated carbocycles. The Morgan fingerprint density at radius 1 is 1.47 bits per heavy atom. The highest BCUT2D eigenvalue weighted by Gasteiger charge is 2.43. The van der Waals surface area contributed by atoms with Gasteiger partial charge < -0.3 is 10.0 Å². The van der Waals surface area contributed by atoms with Gasteiger partial charge in [0.05, 0.1) is 6.04 Å². The Hall–Kier alpha value is -0.960. The minimum Gasteiger partial charge on any atom is -0.508 e. The summed E-state index contributed by atoms with van der Waals surface area (Å²) in [6.45, 7) is 5.48. The van der Waals surface area contributed by atoms with Crippen LogP contribution < -0.4 is 0 Å². The molecule has 1 aliphatic carbocycles. The van der Waals surface area contributed by atoms with Crippen molar-refractivity contribution < 1.29 is 5.11 Å². The molecular formula is C14H18BrNO. The van der Waals surface area contributed by atoms with Crippen LogP contribution in [0, 0.1) is 0 Å². The number of phenolic OH excluding ortho intramolecular Hbond substituents is 1. The van der Waals surface area contributed by atoms with Gasteiger partial charge in [-0.3, -0.25) is 0 Å². The number of nitrogens with zero attached hydrogens (tertiary/aromatic N) is 1. The van der Waals surface area contributed by atoms with Crippen molar-refractivity contribution in [3.05, 3.63) is 41.6 Å². The van der Waals surface area contributed by atoms with Crippen LogP contribution in [0.5, 0.6) is 5.75 Å². The summed E-state index contributed by atoms with van der Waals surface area (Å²) in [6.07, 6.45) is 5.62. The minimum absolute atomic E-state index is 0. The van der Waals surface area contributed by atoms with Crippen molar-refractivity contribution in [1.29, 1.82) is 0 Å². The summed E-state index contributed by atoms with van der Waals surface area (Å²) in [6, 6.07) is 6.31. The number of fused-ring (bicyclic) bond motifs is 5. The molecule has 0 radical (unpaired) electrons. The first-order chi connectivity index (χ1) is 7.64. The van der Waals surface area contributed by atoms with Crippen molar-refractivity contribution in [2.45, 2.75) is 31.7 Å². The van der Waals surface area contributed by atoms with Crippen LogP contribution in [-0.4, -0.2) is 16.6 Å². The van der Waals surface area contributed by atoms with E-state index in [-0.39, 0.29) is 22.4 Å². The quantitative estimate of drug-likeness (QED) is 0.857. The zero-order valence-electron chi connectivity index (χ0n) is 10.2. The van der Waals surface area contributed by atoms with Crippen molar-refractivity contribution in [2.24, 2.45) is 0 Å².